The van der Waals surface area contributed by atoms with E-state index >= 15 is 0 Å². The number of hydrogen-bond acceptors (Lipinski definition) is 3. The fourth-order valence-corrected chi connectivity index (χ4v) is 0.976. The third kappa shape index (κ3) is 0.903. The molecule has 1 radical (unpaired) electrons. The van der Waals surface area contributed by atoms with Crippen molar-refractivity contribution in [3.05, 3.63) is 36.3 Å². The van der Waals surface area contributed by atoms with Crippen molar-refractivity contribution in [1.82, 2.24) is 0 Å². The van der Waals surface area contributed by atoms with Gasteiger partial charge in [-0.3, -0.25) is 0 Å². The van der Waals surface area contributed by atoms with Crippen molar-refractivity contribution in [3.8, 4) is 17.6 Å². The molecule has 0 N–H and O–H groups in total. The molecule has 1 aromatic carbocycles. The lowest BCUT2D eigenvalue weighted by Gasteiger charge is -2.11. The monoisotopic (exact) mass is 158 g/mol. The molecule has 0 spiro atoms. The summed E-state index contributed by atoms with van der Waals surface area (Å²) >= 11 is 0. The third-order valence-electron chi connectivity index (χ3n) is 1.49. The predicted octanol–water partition coefficient (Wildman–Crippen LogP) is 1.60. The molecule has 0 amide bonds. The van der Waals surface area contributed by atoms with Gasteiger partial charge in [0, 0.05) is 0 Å². The Morgan fingerprint density at radius 3 is 3.17 bits per heavy atom. The van der Waals surface area contributed by atoms with Gasteiger partial charge in [-0.2, -0.15) is 5.26 Å². The maximum Gasteiger partial charge on any atom is 0.208 e. The first-order valence-corrected chi connectivity index (χ1v) is 3.35. The average Bonchev–Trinajstić information content (AvgIpc) is 2.17. The van der Waals surface area contributed by atoms with Crippen molar-refractivity contribution >= 4 is 0 Å². The van der Waals surface area contributed by atoms with E-state index in [1.165, 1.54) is 6.26 Å². The number of rotatable bonds is 0. The number of para-hydroxylation sites is 1. The van der Waals surface area contributed by atoms with Crippen LogP contribution in [0.3, 0.4) is 0 Å². The maximum atomic E-state index is 8.67. The summed E-state index contributed by atoms with van der Waals surface area (Å²) in [6.45, 7) is 0. The molecule has 3 nitrogen and oxygen atoms in total. The van der Waals surface area contributed by atoms with Crippen molar-refractivity contribution < 1.29 is 9.47 Å². The van der Waals surface area contributed by atoms with Crippen LogP contribution in [0, 0.1) is 17.6 Å². The number of fused-ring (bicyclic) bond motifs is 1. The molecule has 1 heterocycles. The summed E-state index contributed by atoms with van der Waals surface area (Å²) in [6.07, 6.45) is 3.72. The Balaban J connectivity index is 2.58. The van der Waals surface area contributed by atoms with E-state index in [0.717, 1.165) is 0 Å². The number of hydrogen-bond donors (Lipinski definition) is 0. The van der Waals surface area contributed by atoms with Gasteiger partial charge in [0.2, 0.25) is 6.26 Å². The second-order valence-corrected chi connectivity index (χ2v) is 2.20. The van der Waals surface area contributed by atoms with E-state index in [-0.39, 0.29) is 0 Å². The Kier molecular flexibility index (Phi) is 1.45. The molecule has 1 aromatic rings. The van der Waals surface area contributed by atoms with Gasteiger partial charge < -0.3 is 9.47 Å². The van der Waals surface area contributed by atoms with Crippen LogP contribution in [0.15, 0.2) is 24.5 Å². The number of nitriles is 1. The minimum absolute atomic E-state index is 0.457. The molecule has 0 fully saturated rings. The maximum absolute atomic E-state index is 8.67. The van der Waals surface area contributed by atoms with Gasteiger partial charge in [0.15, 0.2) is 11.5 Å². The van der Waals surface area contributed by atoms with Gasteiger partial charge in [0.05, 0.1) is 5.56 Å². The van der Waals surface area contributed by atoms with Crippen molar-refractivity contribution in [3.63, 3.8) is 0 Å². The van der Waals surface area contributed by atoms with E-state index in [2.05, 4.69) is 6.26 Å². The lowest BCUT2D eigenvalue weighted by molar-refractivity contribution is 0.342. The van der Waals surface area contributed by atoms with Gasteiger partial charge in [-0.25, -0.2) is 0 Å². The lowest BCUT2D eigenvalue weighted by Crippen LogP contribution is -1.98. The molecule has 3 heteroatoms. The Bertz CT molecular complexity index is 377. The normalized spacial score (nSPS) is 12.2. The van der Waals surface area contributed by atoms with Crippen molar-refractivity contribution in [1.29, 1.82) is 5.26 Å². The topological polar surface area (TPSA) is 42.2 Å². The molecule has 0 aliphatic carbocycles. The van der Waals surface area contributed by atoms with Crippen molar-refractivity contribution in [2.45, 2.75) is 0 Å². The quantitative estimate of drug-likeness (QED) is 0.576. The number of ether oxygens (including phenoxy) is 2. The average molecular weight is 158 g/mol. The van der Waals surface area contributed by atoms with E-state index in [9.17, 15) is 0 Å². The van der Waals surface area contributed by atoms with Crippen LogP contribution >= 0.6 is 0 Å². The Morgan fingerprint density at radius 2 is 2.33 bits per heavy atom. The highest BCUT2D eigenvalue weighted by Gasteiger charge is 2.12. The first-order valence-electron chi connectivity index (χ1n) is 3.35. The zero-order valence-corrected chi connectivity index (χ0v) is 6.07. The van der Waals surface area contributed by atoms with E-state index in [1.807, 2.05) is 6.07 Å². The molecule has 0 unspecified atom stereocenters. The van der Waals surface area contributed by atoms with Crippen LogP contribution in [0.2, 0.25) is 0 Å². The van der Waals surface area contributed by atoms with Crippen LogP contribution in [-0.4, -0.2) is 0 Å². The van der Waals surface area contributed by atoms with E-state index in [4.69, 9.17) is 14.7 Å². The summed E-state index contributed by atoms with van der Waals surface area (Å²) < 4.78 is 10.0. The third-order valence-corrected chi connectivity index (χ3v) is 1.49. The van der Waals surface area contributed by atoms with Gasteiger partial charge >= 0.3 is 0 Å². The number of benzene rings is 1. The van der Waals surface area contributed by atoms with Crippen LogP contribution in [0.5, 0.6) is 11.5 Å². The van der Waals surface area contributed by atoms with Gasteiger partial charge in [0.1, 0.15) is 12.3 Å². The van der Waals surface area contributed by atoms with E-state index in [1.54, 1.807) is 18.2 Å². The Hall–Kier alpha value is -1.95. The molecule has 12 heavy (non-hydrogen) atoms. The standard InChI is InChI=1S/C9H4NO2/c10-6-7-2-1-3-8-9(7)12-5-4-11-8/h1-3,5H. The van der Waals surface area contributed by atoms with Crippen LogP contribution in [-0.2, 0) is 0 Å². The summed E-state index contributed by atoms with van der Waals surface area (Å²) in [5.41, 5.74) is 0.463. The zero-order chi connectivity index (χ0) is 8.39. The molecule has 1 aliphatic heterocycles. The molecule has 0 saturated heterocycles. The number of nitrogens with zero attached hydrogens (tertiary/aromatic N) is 1. The summed E-state index contributed by atoms with van der Waals surface area (Å²) in [5.74, 6) is 0.982. The Labute approximate surface area is 69.5 Å². The summed E-state index contributed by atoms with van der Waals surface area (Å²) in [7, 11) is 0. The van der Waals surface area contributed by atoms with Gasteiger partial charge in [-0.15, -0.1) is 0 Å². The summed E-state index contributed by atoms with van der Waals surface area (Å²) in [4.78, 5) is 0. The fraction of sp³-hybridized carbons (Fsp3) is 0. The minimum atomic E-state index is 0.457. The molecule has 0 bridgehead atoms. The predicted molar refractivity (Wildman–Crippen MR) is 40.2 cm³/mol. The summed E-state index contributed by atoms with van der Waals surface area (Å²) in [5, 5.41) is 8.67. The highest BCUT2D eigenvalue weighted by Crippen LogP contribution is 2.32. The van der Waals surface area contributed by atoms with Crippen LogP contribution in [0.1, 0.15) is 5.56 Å². The SMILES string of the molecule is N#Cc1cccc2c1OC=[C]O2. The van der Waals surface area contributed by atoms with Gasteiger partial charge in [-0.1, -0.05) is 6.07 Å². The van der Waals surface area contributed by atoms with Gasteiger partial charge in [-0.05, 0) is 12.1 Å². The molecule has 0 aromatic heterocycles. The van der Waals surface area contributed by atoms with Crippen LogP contribution < -0.4 is 9.47 Å². The zero-order valence-electron chi connectivity index (χ0n) is 6.07. The van der Waals surface area contributed by atoms with Gasteiger partial charge in [0.25, 0.3) is 0 Å². The Morgan fingerprint density at radius 1 is 1.42 bits per heavy atom. The lowest BCUT2D eigenvalue weighted by atomic mass is 10.2. The minimum Gasteiger partial charge on any atom is -0.456 e. The van der Waals surface area contributed by atoms with Crippen molar-refractivity contribution in [2.75, 3.05) is 0 Å². The molecule has 1 aliphatic rings. The second-order valence-electron chi connectivity index (χ2n) is 2.20. The van der Waals surface area contributed by atoms with Crippen LogP contribution in [0.25, 0.3) is 0 Å². The first kappa shape index (κ1) is 6.74. The van der Waals surface area contributed by atoms with E-state index in [0.29, 0.717) is 17.1 Å². The molecular weight excluding hydrogens is 154 g/mol. The largest absolute Gasteiger partial charge is 0.456 e. The van der Waals surface area contributed by atoms with Crippen LogP contribution in [0.4, 0.5) is 0 Å². The smallest absolute Gasteiger partial charge is 0.208 e. The highest BCUT2D eigenvalue weighted by atomic mass is 16.5. The molecular formula is C9H4NO2. The summed E-state index contributed by atoms with van der Waals surface area (Å²) in [6, 6.07) is 7.12. The molecule has 0 saturated carbocycles. The first-order chi connectivity index (χ1) is 5.92. The fourth-order valence-electron chi connectivity index (χ4n) is 0.976. The second kappa shape index (κ2) is 2.59. The van der Waals surface area contributed by atoms with E-state index < -0.39 is 0 Å². The molecule has 57 valence electrons. The highest BCUT2D eigenvalue weighted by molar-refractivity contribution is 5.53. The molecule has 0 atom stereocenters. The molecule has 2 rings (SSSR count). The van der Waals surface area contributed by atoms with Crippen molar-refractivity contribution in [2.24, 2.45) is 0 Å².